The molecule has 0 bridgehead atoms. The highest BCUT2D eigenvalue weighted by atomic mass is 127. The van der Waals surface area contributed by atoms with Crippen LogP contribution in [0.25, 0.3) is 0 Å². The van der Waals surface area contributed by atoms with E-state index < -0.39 is 33.4 Å². The molecule has 2 aromatic carbocycles. The Morgan fingerprint density at radius 2 is 1.15 bits per heavy atom. The lowest BCUT2D eigenvalue weighted by atomic mass is 9.87. The minimum absolute atomic E-state index is 0.0589. The van der Waals surface area contributed by atoms with Crippen molar-refractivity contribution in [3.63, 3.8) is 0 Å². The zero-order chi connectivity index (χ0) is 26.8. The number of rotatable bonds is 5. The third kappa shape index (κ3) is 6.56. The lowest BCUT2D eigenvalue weighted by Crippen LogP contribution is -3.61. The van der Waals surface area contributed by atoms with Gasteiger partial charge < -0.3 is 4.55 Å². The molecule has 0 radical (unpaired) electrons. The highest BCUT2D eigenvalue weighted by Crippen LogP contribution is 2.54. The quantitative estimate of drug-likeness (QED) is 0.288. The van der Waals surface area contributed by atoms with Crippen molar-refractivity contribution < 1.29 is 73.7 Å². The molecule has 0 aliphatic heterocycles. The van der Waals surface area contributed by atoms with Gasteiger partial charge in [-0.1, -0.05) is 57.2 Å². The summed E-state index contributed by atoms with van der Waals surface area (Å²) in [6.45, 7) is 6.88. The van der Waals surface area contributed by atoms with Crippen LogP contribution in [0.5, 0.6) is 0 Å². The molecule has 192 valence electrons. The fourth-order valence-electron chi connectivity index (χ4n) is 2.26. The average molecular weight is 636 g/mol. The Balaban J connectivity index is 0.000000340. The van der Waals surface area contributed by atoms with Gasteiger partial charge >= 0.3 is 44.5 Å². The molecule has 0 N–H and O–H groups in total. The summed E-state index contributed by atoms with van der Waals surface area (Å²) in [5.74, 6) is -14.8. The fourth-order valence-corrected chi connectivity index (χ4v) is 5.82. The topological polar surface area (TPSA) is 57.2 Å². The van der Waals surface area contributed by atoms with Crippen LogP contribution in [0.1, 0.15) is 26.3 Å². The first-order chi connectivity index (χ1) is 15.1. The predicted molar refractivity (Wildman–Crippen MR) is 99.6 cm³/mol. The van der Waals surface area contributed by atoms with Crippen LogP contribution in [-0.2, 0) is 15.5 Å². The number of alkyl halides is 9. The Bertz CT molecular complexity index is 1060. The van der Waals surface area contributed by atoms with Gasteiger partial charge in [-0.15, -0.1) is 0 Å². The molecule has 0 aliphatic rings. The molecule has 3 nitrogen and oxygen atoms in total. The molecule has 2 rings (SSSR count). The van der Waals surface area contributed by atoms with Gasteiger partial charge in [-0.05, 0) is 23.6 Å². The van der Waals surface area contributed by atoms with Gasteiger partial charge in [0.25, 0.3) is 0 Å². The van der Waals surface area contributed by atoms with E-state index in [0.29, 0.717) is 0 Å². The first-order valence-corrected chi connectivity index (χ1v) is 12.6. The van der Waals surface area contributed by atoms with Crippen molar-refractivity contribution in [2.24, 2.45) is 0 Å². The van der Waals surface area contributed by atoms with Crippen molar-refractivity contribution in [2.45, 2.75) is 49.5 Å². The molecule has 0 aromatic heterocycles. The second kappa shape index (κ2) is 10.2. The summed E-state index contributed by atoms with van der Waals surface area (Å²) in [5, 5.41) is -7.11. The van der Waals surface area contributed by atoms with Crippen LogP contribution in [-0.4, -0.2) is 36.2 Å². The Morgan fingerprint density at radius 1 is 0.706 bits per heavy atom. The molecule has 0 amide bonds. The summed E-state index contributed by atoms with van der Waals surface area (Å²) in [6.07, 6.45) is -7.16. The standard InChI is InChI=1S/C16H18I.C4HF9O3S/c1-16(2,3)14-11-7-8-12-15(14)17-13-9-5-4-6-10-13;5-1(6,3(9,10)11)2(7,8)4(12,13)17(14,15)16/h4-12H,1-3H3;(H,14,15,16)/q+1;/p-1. The molecule has 0 heterocycles. The molecule has 0 spiro atoms. The van der Waals surface area contributed by atoms with Crippen molar-refractivity contribution in [1.29, 1.82) is 0 Å². The van der Waals surface area contributed by atoms with Crippen molar-refractivity contribution in [3.05, 3.63) is 67.3 Å². The van der Waals surface area contributed by atoms with E-state index in [1.807, 2.05) is 0 Å². The van der Waals surface area contributed by atoms with Gasteiger partial charge in [0.1, 0.15) is 0 Å². The summed E-state index contributed by atoms with van der Waals surface area (Å²) in [6, 6.07) is 19.7. The van der Waals surface area contributed by atoms with E-state index in [-0.39, 0.29) is 26.6 Å². The maximum absolute atomic E-state index is 12.2. The van der Waals surface area contributed by atoms with Crippen LogP contribution in [0.4, 0.5) is 39.5 Å². The van der Waals surface area contributed by atoms with E-state index in [9.17, 15) is 52.5 Å². The van der Waals surface area contributed by atoms with Gasteiger partial charge in [0.2, 0.25) is 0 Å². The summed E-state index contributed by atoms with van der Waals surface area (Å²) in [7, 11) is -7.42. The van der Waals surface area contributed by atoms with E-state index in [2.05, 4.69) is 75.4 Å². The summed E-state index contributed by atoms with van der Waals surface area (Å²) < 4.78 is 138. The lowest BCUT2D eigenvalue weighted by Gasteiger charge is -2.34. The monoisotopic (exact) mass is 636 g/mol. The minimum Gasteiger partial charge on any atom is -0.743 e. The molecule has 0 unspecified atom stereocenters. The van der Waals surface area contributed by atoms with E-state index >= 15 is 0 Å². The third-order valence-electron chi connectivity index (χ3n) is 4.06. The Kier molecular flexibility index (Phi) is 9.15. The summed E-state index contributed by atoms with van der Waals surface area (Å²) in [4.78, 5) is 0. The highest BCUT2D eigenvalue weighted by molar-refractivity contribution is 7.86. The zero-order valence-electron chi connectivity index (χ0n) is 17.6. The highest BCUT2D eigenvalue weighted by Gasteiger charge is 2.83. The van der Waals surface area contributed by atoms with E-state index in [1.54, 1.807) is 3.57 Å². The molecule has 2 aromatic rings. The number of benzene rings is 2. The molecule has 34 heavy (non-hydrogen) atoms. The molecule has 0 fully saturated rings. The van der Waals surface area contributed by atoms with Gasteiger partial charge in [0.15, 0.2) is 17.3 Å². The second-order valence-corrected chi connectivity index (χ2v) is 12.1. The van der Waals surface area contributed by atoms with Crippen molar-refractivity contribution in [3.8, 4) is 0 Å². The minimum atomic E-state index is -7.43. The van der Waals surface area contributed by atoms with Crippen LogP contribution in [0, 0.1) is 7.14 Å². The van der Waals surface area contributed by atoms with Crippen LogP contribution in [0.3, 0.4) is 0 Å². The van der Waals surface area contributed by atoms with E-state index in [1.165, 1.54) is 9.13 Å². The SMILES string of the molecule is CC(C)(C)c1ccccc1[I+]c1ccccc1.O=S(=O)([O-])C(F)(F)C(F)(F)C(F)(F)C(F)(F)F. The van der Waals surface area contributed by atoms with E-state index in [0.717, 1.165) is 0 Å². The number of hydrogen-bond acceptors (Lipinski definition) is 3. The normalized spacial score (nSPS) is 13.8. The molecule has 0 saturated carbocycles. The second-order valence-electron chi connectivity index (χ2n) is 7.74. The largest absolute Gasteiger partial charge is 0.743 e. The van der Waals surface area contributed by atoms with Gasteiger partial charge in [-0.25, -0.2) is 8.42 Å². The van der Waals surface area contributed by atoms with Crippen LogP contribution < -0.4 is 21.2 Å². The van der Waals surface area contributed by atoms with Gasteiger partial charge in [0.05, 0.1) is 0 Å². The first kappa shape index (κ1) is 30.5. The first-order valence-electron chi connectivity index (χ1n) is 9.02. The van der Waals surface area contributed by atoms with Crippen LogP contribution in [0.2, 0.25) is 0 Å². The summed E-state index contributed by atoms with van der Waals surface area (Å²) in [5.41, 5.74) is 1.74. The third-order valence-corrected chi connectivity index (χ3v) is 7.80. The Labute approximate surface area is 200 Å². The van der Waals surface area contributed by atoms with Crippen molar-refractivity contribution >= 4 is 10.1 Å². The smallest absolute Gasteiger partial charge is 0.460 e. The summed E-state index contributed by atoms with van der Waals surface area (Å²) >= 11 is -0.0589. The molecule has 14 heteroatoms. The molecule has 0 saturated heterocycles. The van der Waals surface area contributed by atoms with Crippen LogP contribution >= 0.6 is 0 Å². The van der Waals surface area contributed by atoms with Crippen molar-refractivity contribution in [2.75, 3.05) is 0 Å². The zero-order valence-corrected chi connectivity index (χ0v) is 20.6. The Hall–Kier alpha value is -1.55. The molecular weight excluding hydrogens is 618 g/mol. The van der Waals surface area contributed by atoms with Gasteiger partial charge in [-0.2, -0.15) is 39.5 Å². The fraction of sp³-hybridized carbons (Fsp3) is 0.400. The maximum atomic E-state index is 12.2. The van der Waals surface area contributed by atoms with Crippen LogP contribution in [0.15, 0.2) is 54.6 Å². The molecule has 0 aliphatic carbocycles. The van der Waals surface area contributed by atoms with Gasteiger partial charge in [-0.3, -0.25) is 0 Å². The average Bonchev–Trinajstić information content (AvgIpc) is 2.67. The number of halogens is 10. The lowest BCUT2D eigenvalue weighted by molar-refractivity contribution is -0.598. The van der Waals surface area contributed by atoms with E-state index in [4.69, 9.17) is 0 Å². The molecular formula is C20H18F9IO3S. The van der Waals surface area contributed by atoms with Crippen molar-refractivity contribution in [1.82, 2.24) is 0 Å². The maximum Gasteiger partial charge on any atom is 0.460 e. The predicted octanol–water partition coefficient (Wildman–Crippen LogP) is 3.07. The van der Waals surface area contributed by atoms with Gasteiger partial charge in [0, 0.05) is 5.56 Å². The molecule has 0 atom stereocenters. The Morgan fingerprint density at radius 3 is 1.56 bits per heavy atom. The number of hydrogen-bond donors (Lipinski definition) is 0.